The highest BCUT2D eigenvalue weighted by Gasteiger charge is 2.35. The average Bonchev–Trinajstić information content (AvgIpc) is 2.45. The predicted octanol–water partition coefficient (Wildman–Crippen LogP) is 1.96. The second-order valence-electron chi connectivity index (χ2n) is 5.41. The highest BCUT2D eigenvalue weighted by molar-refractivity contribution is 9.10. The first-order chi connectivity index (χ1) is 9.53. The number of ether oxygens (including phenoxy) is 1. The van der Waals surface area contributed by atoms with E-state index in [0.717, 1.165) is 30.5 Å². The summed E-state index contributed by atoms with van der Waals surface area (Å²) in [4.78, 5) is 11.7. The number of nitrogens with two attached hydrogens (primary N) is 1. The van der Waals surface area contributed by atoms with Crippen molar-refractivity contribution in [2.24, 2.45) is 5.73 Å². The van der Waals surface area contributed by atoms with E-state index >= 15 is 0 Å². The topological polar surface area (TPSA) is 64.4 Å². The normalized spacial score (nSPS) is 19.4. The van der Waals surface area contributed by atoms with E-state index in [4.69, 9.17) is 10.5 Å². The van der Waals surface area contributed by atoms with E-state index in [1.165, 1.54) is 5.56 Å². The third-order valence-electron chi connectivity index (χ3n) is 3.90. The molecule has 4 nitrogen and oxygen atoms in total. The second kappa shape index (κ2) is 6.70. The molecule has 1 aliphatic rings. The Morgan fingerprint density at radius 1 is 1.50 bits per heavy atom. The molecule has 1 amide bonds. The number of carbonyl (C=O) groups is 1. The SMILES string of the molecule is C[C@@H](N)C(=O)NCC1(c2cccc(Br)c2)CCOCC1. The molecule has 0 bridgehead atoms. The lowest BCUT2D eigenvalue weighted by molar-refractivity contribution is -0.122. The summed E-state index contributed by atoms with van der Waals surface area (Å²) >= 11 is 3.52. The third-order valence-corrected chi connectivity index (χ3v) is 4.39. The van der Waals surface area contributed by atoms with Gasteiger partial charge in [0.05, 0.1) is 6.04 Å². The van der Waals surface area contributed by atoms with Gasteiger partial charge in [0.1, 0.15) is 0 Å². The van der Waals surface area contributed by atoms with Gasteiger partial charge < -0.3 is 15.8 Å². The van der Waals surface area contributed by atoms with Crippen molar-refractivity contribution in [3.63, 3.8) is 0 Å². The van der Waals surface area contributed by atoms with Gasteiger partial charge in [-0.25, -0.2) is 0 Å². The maximum Gasteiger partial charge on any atom is 0.236 e. The molecule has 1 saturated heterocycles. The van der Waals surface area contributed by atoms with E-state index in [-0.39, 0.29) is 11.3 Å². The first kappa shape index (κ1) is 15.5. The molecule has 1 aromatic rings. The number of carbonyl (C=O) groups excluding carboxylic acids is 1. The Morgan fingerprint density at radius 2 is 2.20 bits per heavy atom. The first-order valence-corrected chi connectivity index (χ1v) is 7.70. The summed E-state index contributed by atoms with van der Waals surface area (Å²) in [5.74, 6) is -0.106. The largest absolute Gasteiger partial charge is 0.381 e. The zero-order chi connectivity index (χ0) is 14.6. The van der Waals surface area contributed by atoms with Crippen LogP contribution in [0.25, 0.3) is 0 Å². The van der Waals surface area contributed by atoms with Gasteiger partial charge in [0.2, 0.25) is 5.91 Å². The lowest BCUT2D eigenvalue weighted by Crippen LogP contribution is -2.48. The molecule has 0 aliphatic carbocycles. The van der Waals surface area contributed by atoms with Crippen molar-refractivity contribution in [2.75, 3.05) is 19.8 Å². The van der Waals surface area contributed by atoms with Crippen molar-refractivity contribution in [2.45, 2.75) is 31.2 Å². The average molecular weight is 341 g/mol. The van der Waals surface area contributed by atoms with E-state index < -0.39 is 6.04 Å². The molecule has 1 aromatic carbocycles. The van der Waals surface area contributed by atoms with Crippen molar-refractivity contribution in [3.05, 3.63) is 34.3 Å². The summed E-state index contributed by atoms with van der Waals surface area (Å²) in [5.41, 5.74) is 6.79. The standard InChI is InChI=1S/C15H21BrN2O2/c1-11(17)14(19)18-10-15(5-7-20-8-6-15)12-3-2-4-13(16)9-12/h2-4,9,11H,5-8,10,17H2,1H3,(H,18,19)/t11-/m1/s1. The molecule has 2 rings (SSSR count). The van der Waals surface area contributed by atoms with Crippen molar-refractivity contribution in [3.8, 4) is 0 Å². The van der Waals surface area contributed by atoms with Crippen LogP contribution in [0.5, 0.6) is 0 Å². The van der Waals surface area contributed by atoms with Crippen LogP contribution in [0.15, 0.2) is 28.7 Å². The Hall–Kier alpha value is -0.910. The van der Waals surface area contributed by atoms with Crippen LogP contribution in [-0.4, -0.2) is 31.7 Å². The molecule has 3 N–H and O–H groups in total. The highest BCUT2D eigenvalue weighted by Crippen LogP contribution is 2.35. The Labute approximate surface area is 128 Å². The molecule has 1 fully saturated rings. The van der Waals surface area contributed by atoms with E-state index in [1.54, 1.807) is 6.92 Å². The minimum absolute atomic E-state index is 0.0629. The van der Waals surface area contributed by atoms with Crippen LogP contribution in [0.3, 0.4) is 0 Å². The molecule has 0 saturated carbocycles. The quantitative estimate of drug-likeness (QED) is 0.880. The minimum atomic E-state index is -0.477. The monoisotopic (exact) mass is 340 g/mol. The number of hydrogen-bond acceptors (Lipinski definition) is 3. The van der Waals surface area contributed by atoms with Crippen molar-refractivity contribution in [1.29, 1.82) is 0 Å². The van der Waals surface area contributed by atoms with E-state index in [2.05, 4.69) is 33.4 Å². The van der Waals surface area contributed by atoms with Crippen molar-refractivity contribution < 1.29 is 9.53 Å². The Balaban J connectivity index is 2.19. The van der Waals surface area contributed by atoms with Gasteiger partial charge in [0, 0.05) is 29.6 Å². The summed E-state index contributed by atoms with van der Waals surface area (Å²) in [7, 11) is 0. The Kier molecular flexibility index (Phi) is 5.18. The minimum Gasteiger partial charge on any atom is -0.381 e. The van der Waals surface area contributed by atoms with Crippen LogP contribution < -0.4 is 11.1 Å². The number of halogens is 1. The molecule has 0 spiro atoms. The molecule has 20 heavy (non-hydrogen) atoms. The maximum absolute atomic E-state index is 11.7. The van der Waals surface area contributed by atoms with Crippen LogP contribution >= 0.6 is 15.9 Å². The van der Waals surface area contributed by atoms with Crippen LogP contribution in [0, 0.1) is 0 Å². The first-order valence-electron chi connectivity index (χ1n) is 6.91. The molecule has 110 valence electrons. The lowest BCUT2D eigenvalue weighted by atomic mass is 9.74. The number of hydrogen-bond donors (Lipinski definition) is 2. The summed E-state index contributed by atoms with van der Waals surface area (Å²) < 4.78 is 6.54. The molecule has 5 heteroatoms. The molecular formula is C15H21BrN2O2. The fraction of sp³-hybridized carbons (Fsp3) is 0.533. The Bertz CT molecular complexity index is 471. The molecule has 0 aromatic heterocycles. The van der Waals surface area contributed by atoms with Gasteiger partial charge in [-0.2, -0.15) is 0 Å². The number of nitrogens with one attached hydrogen (secondary N) is 1. The van der Waals surface area contributed by atoms with E-state index in [1.807, 2.05) is 12.1 Å². The van der Waals surface area contributed by atoms with Crippen LogP contribution in [-0.2, 0) is 14.9 Å². The van der Waals surface area contributed by atoms with E-state index in [0.29, 0.717) is 6.54 Å². The van der Waals surface area contributed by atoms with Crippen LogP contribution in [0.1, 0.15) is 25.3 Å². The van der Waals surface area contributed by atoms with Gasteiger partial charge in [-0.05, 0) is 37.5 Å². The fourth-order valence-electron chi connectivity index (χ4n) is 2.57. The molecule has 0 radical (unpaired) electrons. The third kappa shape index (κ3) is 3.59. The zero-order valence-corrected chi connectivity index (χ0v) is 13.3. The smallest absolute Gasteiger partial charge is 0.236 e. The summed E-state index contributed by atoms with van der Waals surface area (Å²) in [6.45, 7) is 3.75. The maximum atomic E-state index is 11.7. The number of amides is 1. The summed E-state index contributed by atoms with van der Waals surface area (Å²) in [6, 6.07) is 7.81. The van der Waals surface area contributed by atoms with Gasteiger partial charge in [0.25, 0.3) is 0 Å². The highest BCUT2D eigenvalue weighted by atomic mass is 79.9. The van der Waals surface area contributed by atoms with E-state index in [9.17, 15) is 4.79 Å². The van der Waals surface area contributed by atoms with Crippen LogP contribution in [0.2, 0.25) is 0 Å². The lowest BCUT2D eigenvalue weighted by Gasteiger charge is -2.38. The summed E-state index contributed by atoms with van der Waals surface area (Å²) in [5, 5.41) is 2.98. The van der Waals surface area contributed by atoms with Crippen molar-refractivity contribution >= 4 is 21.8 Å². The van der Waals surface area contributed by atoms with Gasteiger partial charge in [0.15, 0.2) is 0 Å². The molecular weight excluding hydrogens is 320 g/mol. The van der Waals surface area contributed by atoms with Crippen LogP contribution in [0.4, 0.5) is 0 Å². The van der Waals surface area contributed by atoms with Gasteiger partial charge in [-0.15, -0.1) is 0 Å². The predicted molar refractivity (Wildman–Crippen MR) is 82.5 cm³/mol. The Morgan fingerprint density at radius 3 is 2.80 bits per heavy atom. The second-order valence-corrected chi connectivity index (χ2v) is 6.33. The zero-order valence-electron chi connectivity index (χ0n) is 11.7. The number of rotatable bonds is 4. The van der Waals surface area contributed by atoms with Gasteiger partial charge in [-0.3, -0.25) is 4.79 Å². The molecule has 1 heterocycles. The fourth-order valence-corrected chi connectivity index (χ4v) is 2.96. The molecule has 1 aliphatic heterocycles. The van der Waals surface area contributed by atoms with Gasteiger partial charge >= 0.3 is 0 Å². The van der Waals surface area contributed by atoms with Crippen molar-refractivity contribution in [1.82, 2.24) is 5.32 Å². The molecule has 1 atom stereocenters. The number of benzene rings is 1. The molecule has 0 unspecified atom stereocenters. The van der Waals surface area contributed by atoms with Gasteiger partial charge in [-0.1, -0.05) is 28.1 Å². The summed E-state index contributed by atoms with van der Waals surface area (Å²) in [6.07, 6.45) is 1.81.